The van der Waals surface area contributed by atoms with Crippen molar-refractivity contribution in [3.63, 3.8) is 0 Å². The van der Waals surface area contributed by atoms with Gasteiger partial charge in [0.2, 0.25) is 0 Å². The monoisotopic (exact) mass is 474 g/mol. The van der Waals surface area contributed by atoms with Crippen LogP contribution < -0.4 is 0 Å². The minimum atomic E-state index is -0.623. The Morgan fingerprint density at radius 1 is 1.03 bits per heavy atom. The Kier molecular flexibility index (Phi) is 6.72. The topological polar surface area (TPSA) is 41.9 Å². The van der Waals surface area contributed by atoms with Crippen LogP contribution in [0.1, 0.15) is 27.9 Å². The van der Waals surface area contributed by atoms with Crippen LogP contribution in [-0.4, -0.2) is 29.2 Å². The molecule has 0 saturated heterocycles. The number of hydrogen-bond acceptors (Lipinski definition) is 3. The van der Waals surface area contributed by atoms with E-state index in [9.17, 15) is 13.6 Å². The highest BCUT2D eigenvalue weighted by Crippen LogP contribution is 2.26. The maximum Gasteiger partial charge on any atom is 0.257 e. The molecule has 1 amide bonds. The molecule has 1 atom stereocenters. The van der Waals surface area contributed by atoms with Gasteiger partial charge in [0.05, 0.1) is 27.9 Å². The average Bonchev–Trinajstić information content (AvgIpc) is 3.24. The molecule has 3 aromatic rings. The summed E-state index contributed by atoms with van der Waals surface area (Å²) in [4.78, 5) is 20.1. The van der Waals surface area contributed by atoms with E-state index in [1.165, 1.54) is 35.2 Å². The van der Waals surface area contributed by atoms with Gasteiger partial charge in [-0.2, -0.15) is 0 Å². The fourth-order valence-corrected chi connectivity index (χ4v) is 3.80. The molecule has 1 aliphatic rings. The van der Waals surface area contributed by atoms with Gasteiger partial charge in [-0.25, -0.2) is 8.78 Å². The second-order valence-corrected chi connectivity index (χ2v) is 8.21. The van der Waals surface area contributed by atoms with Crippen molar-refractivity contribution < 1.29 is 18.4 Å². The molecule has 3 aromatic carbocycles. The van der Waals surface area contributed by atoms with Gasteiger partial charge in [-0.15, -0.1) is 0 Å². The third-order valence-electron chi connectivity index (χ3n) is 5.06. The molecule has 164 valence electrons. The van der Waals surface area contributed by atoms with Crippen LogP contribution in [0.5, 0.6) is 0 Å². The lowest BCUT2D eigenvalue weighted by Crippen LogP contribution is -2.37. The highest BCUT2D eigenvalue weighted by molar-refractivity contribution is 6.42. The minimum Gasteiger partial charge on any atom is -0.390 e. The van der Waals surface area contributed by atoms with Gasteiger partial charge in [-0.3, -0.25) is 4.79 Å². The number of rotatable bonds is 6. The van der Waals surface area contributed by atoms with Crippen LogP contribution in [0, 0.1) is 11.6 Å². The Morgan fingerprint density at radius 2 is 1.84 bits per heavy atom. The van der Waals surface area contributed by atoms with E-state index in [1.807, 2.05) is 0 Å². The van der Waals surface area contributed by atoms with Crippen LogP contribution >= 0.6 is 23.2 Å². The fraction of sp³-hybridized carbons (Fsp3) is 0.167. The van der Waals surface area contributed by atoms with E-state index in [0.717, 1.165) is 5.56 Å². The number of nitrogens with zero attached hydrogens (tertiary/aromatic N) is 2. The van der Waals surface area contributed by atoms with Gasteiger partial charge in [0.15, 0.2) is 6.10 Å². The van der Waals surface area contributed by atoms with Crippen molar-refractivity contribution in [1.29, 1.82) is 0 Å². The van der Waals surface area contributed by atoms with E-state index in [4.69, 9.17) is 28.0 Å². The zero-order valence-corrected chi connectivity index (χ0v) is 18.3. The molecule has 0 fully saturated rings. The van der Waals surface area contributed by atoms with Crippen molar-refractivity contribution in [2.75, 3.05) is 6.54 Å². The lowest BCUT2D eigenvalue weighted by atomic mass is 10.0. The van der Waals surface area contributed by atoms with Gasteiger partial charge in [0.1, 0.15) is 11.6 Å². The molecule has 0 spiro atoms. The van der Waals surface area contributed by atoms with Gasteiger partial charge in [-0.05, 0) is 42.0 Å². The zero-order chi connectivity index (χ0) is 22.7. The lowest BCUT2D eigenvalue weighted by Gasteiger charge is -2.25. The highest BCUT2D eigenvalue weighted by atomic mass is 35.5. The van der Waals surface area contributed by atoms with Crippen molar-refractivity contribution in [2.24, 2.45) is 5.16 Å². The van der Waals surface area contributed by atoms with Gasteiger partial charge in [0.25, 0.3) is 5.91 Å². The Bertz CT molecular complexity index is 1190. The van der Waals surface area contributed by atoms with E-state index < -0.39 is 23.6 Å². The normalized spacial score (nSPS) is 15.2. The summed E-state index contributed by atoms with van der Waals surface area (Å²) >= 11 is 12.1. The smallest absolute Gasteiger partial charge is 0.257 e. The molecule has 8 heteroatoms. The van der Waals surface area contributed by atoms with Crippen LogP contribution in [0.3, 0.4) is 0 Å². The fourth-order valence-electron chi connectivity index (χ4n) is 3.50. The summed E-state index contributed by atoms with van der Waals surface area (Å²) in [5, 5.41) is 4.96. The molecule has 0 radical (unpaired) electrons. The molecule has 0 aliphatic carbocycles. The summed E-state index contributed by atoms with van der Waals surface area (Å²) in [6.45, 7) is 0.227. The lowest BCUT2D eigenvalue weighted by molar-refractivity contribution is 0.0402. The molecule has 0 N–H and O–H groups in total. The summed E-state index contributed by atoms with van der Waals surface area (Å²) in [6.07, 6.45) is -0.0361. The van der Waals surface area contributed by atoms with Gasteiger partial charge in [-0.1, -0.05) is 58.7 Å². The van der Waals surface area contributed by atoms with Crippen LogP contribution in [-0.2, 0) is 11.4 Å². The maximum absolute atomic E-state index is 14.3. The van der Waals surface area contributed by atoms with Gasteiger partial charge >= 0.3 is 0 Å². The van der Waals surface area contributed by atoms with E-state index >= 15 is 0 Å². The summed E-state index contributed by atoms with van der Waals surface area (Å²) in [7, 11) is 0. The second kappa shape index (κ2) is 9.67. The molecule has 1 unspecified atom stereocenters. The predicted molar refractivity (Wildman–Crippen MR) is 120 cm³/mol. The Labute approximate surface area is 194 Å². The standard InChI is InChI=1S/C24H18Cl2F2N2O2/c25-20-9-8-16(11-21(20)26)23-12-18(32-29-23)14-30(13-15-4-3-5-17(27)10-15)24(31)19-6-1-2-7-22(19)28/h1-11,18H,12-14H2. The minimum absolute atomic E-state index is 0.0625. The van der Waals surface area contributed by atoms with Crippen molar-refractivity contribution in [2.45, 2.75) is 19.1 Å². The molecular weight excluding hydrogens is 457 g/mol. The second-order valence-electron chi connectivity index (χ2n) is 7.39. The number of amides is 1. The molecule has 0 saturated carbocycles. The first kappa shape index (κ1) is 22.2. The first-order chi connectivity index (χ1) is 15.4. The van der Waals surface area contributed by atoms with Crippen LogP contribution in [0.25, 0.3) is 0 Å². The third-order valence-corrected chi connectivity index (χ3v) is 5.80. The first-order valence-corrected chi connectivity index (χ1v) is 10.6. The number of carbonyl (C=O) groups excluding carboxylic acids is 1. The number of benzene rings is 3. The van der Waals surface area contributed by atoms with Crippen molar-refractivity contribution in [3.8, 4) is 0 Å². The quantitative estimate of drug-likeness (QED) is 0.432. The first-order valence-electron chi connectivity index (χ1n) is 9.87. The zero-order valence-electron chi connectivity index (χ0n) is 16.8. The summed E-state index contributed by atoms with van der Waals surface area (Å²) < 4.78 is 28.0. The van der Waals surface area contributed by atoms with Gasteiger partial charge in [0, 0.05) is 18.5 Å². The van der Waals surface area contributed by atoms with E-state index in [0.29, 0.717) is 27.7 Å². The molecule has 0 bridgehead atoms. The molecule has 4 nitrogen and oxygen atoms in total. The average molecular weight is 475 g/mol. The van der Waals surface area contributed by atoms with Crippen molar-refractivity contribution in [1.82, 2.24) is 4.90 Å². The summed E-state index contributed by atoms with van der Waals surface area (Å²) in [5.74, 6) is -1.55. The maximum atomic E-state index is 14.3. The molecule has 4 rings (SSSR count). The number of hydrogen-bond donors (Lipinski definition) is 0. The molecular formula is C24H18Cl2F2N2O2. The molecule has 32 heavy (non-hydrogen) atoms. The number of halogens is 4. The summed E-state index contributed by atoms with van der Waals surface area (Å²) in [6, 6.07) is 16.8. The van der Waals surface area contributed by atoms with Crippen LogP contribution in [0.2, 0.25) is 10.0 Å². The SMILES string of the molecule is O=C(c1ccccc1F)N(Cc1cccc(F)c1)CC1CC(c2ccc(Cl)c(Cl)c2)=NO1. The molecule has 1 aliphatic heterocycles. The van der Waals surface area contributed by atoms with Crippen molar-refractivity contribution in [3.05, 3.63) is 105 Å². The molecule has 1 heterocycles. The van der Waals surface area contributed by atoms with E-state index in [-0.39, 0.29) is 18.7 Å². The van der Waals surface area contributed by atoms with Crippen LogP contribution in [0.15, 0.2) is 71.9 Å². The molecule has 0 aromatic heterocycles. The summed E-state index contributed by atoms with van der Waals surface area (Å²) in [5.41, 5.74) is 1.95. The number of oxime groups is 1. The van der Waals surface area contributed by atoms with E-state index in [1.54, 1.807) is 36.4 Å². The Morgan fingerprint density at radius 3 is 2.59 bits per heavy atom. The van der Waals surface area contributed by atoms with Gasteiger partial charge < -0.3 is 9.74 Å². The number of carbonyl (C=O) groups is 1. The Balaban J connectivity index is 1.53. The van der Waals surface area contributed by atoms with E-state index in [2.05, 4.69) is 5.16 Å². The van der Waals surface area contributed by atoms with Crippen LogP contribution in [0.4, 0.5) is 8.78 Å². The Hall–Kier alpha value is -2.96. The third kappa shape index (κ3) is 5.09. The predicted octanol–water partition coefficient (Wildman–Crippen LogP) is 6.11. The highest BCUT2D eigenvalue weighted by Gasteiger charge is 2.28. The van der Waals surface area contributed by atoms with Crippen molar-refractivity contribution >= 4 is 34.8 Å². The largest absolute Gasteiger partial charge is 0.390 e.